The van der Waals surface area contributed by atoms with Gasteiger partial charge in [-0.3, -0.25) is 9.48 Å². The lowest BCUT2D eigenvalue weighted by Crippen LogP contribution is -2.32. The summed E-state index contributed by atoms with van der Waals surface area (Å²) in [5.41, 5.74) is 3.09. The Bertz CT molecular complexity index is 1250. The van der Waals surface area contributed by atoms with E-state index in [1.807, 2.05) is 46.4 Å². The zero-order valence-corrected chi connectivity index (χ0v) is 22.1. The molecule has 0 spiro atoms. The van der Waals surface area contributed by atoms with Gasteiger partial charge in [0.1, 0.15) is 11.6 Å². The van der Waals surface area contributed by atoms with Gasteiger partial charge in [-0.05, 0) is 32.2 Å². The van der Waals surface area contributed by atoms with Gasteiger partial charge in [-0.15, -0.1) is 0 Å². The molecule has 0 aliphatic heterocycles. The average molecular weight is 506 g/mol. The quantitative estimate of drug-likeness (QED) is 0.236. The van der Waals surface area contributed by atoms with Crippen LogP contribution in [0.15, 0.2) is 61.5 Å². The number of carbonyl (C=O) groups is 1. The molecule has 3 aromatic rings. The minimum atomic E-state index is -0.317. The number of ether oxygens (including phenoxy) is 1. The molecule has 11 heteroatoms. The number of carbonyl (C=O) groups excluding carboxylic acids is 1. The van der Waals surface area contributed by atoms with Gasteiger partial charge < -0.3 is 30.5 Å². The summed E-state index contributed by atoms with van der Waals surface area (Å²) in [7, 11) is 7.45. The number of anilines is 6. The van der Waals surface area contributed by atoms with Crippen LogP contribution in [-0.2, 0) is 11.8 Å². The first kappa shape index (κ1) is 27.2. The van der Waals surface area contributed by atoms with Gasteiger partial charge in [0.25, 0.3) is 0 Å². The molecule has 0 atom stereocenters. The van der Waals surface area contributed by atoms with Gasteiger partial charge in [-0.2, -0.15) is 10.1 Å². The Kier molecular flexibility index (Phi) is 9.22. The van der Waals surface area contributed by atoms with Crippen LogP contribution in [0.1, 0.15) is 6.92 Å². The van der Waals surface area contributed by atoms with Crippen molar-refractivity contribution in [3.05, 3.63) is 61.5 Å². The molecule has 3 N–H and O–H groups in total. The third-order valence-electron chi connectivity index (χ3n) is 5.40. The van der Waals surface area contributed by atoms with Crippen molar-refractivity contribution in [3.63, 3.8) is 0 Å². The highest BCUT2D eigenvalue weighted by Gasteiger charge is 2.17. The first-order chi connectivity index (χ1) is 17.7. The molecule has 0 radical (unpaired) electrons. The number of nitrogens with zero attached hydrogens (tertiary/aromatic N) is 6. The monoisotopic (exact) mass is 505 g/mol. The molecule has 0 unspecified atom stereocenters. The maximum absolute atomic E-state index is 12.2. The fourth-order valence-electron chi connectivity index (χ4n) is 3.64. The summed E-state index contributed by atoms with van der Waals surface area (Å²) >= 11 is 0. The number of hydrogen-bond acceptors (Lipinski definition) is 9. The van der Waals surface area contributed by atoms with Gasteiger partial charge in [0.2, 0.25) is 11.9 Å². The fraction of sp³-hybridized carbons (Fsp3) is 0.308. The molecule has 0 aliphatic rings. The van der Waals surface area contributed by atoms with Crippen molar-refractivity contribution in [2.45, 2.75) is 6.92 Å². The summed E-state index contributed by atoms with van der Waals surface area (Å²) < 4.78 is 7.37. The Morgan fingerprint density at radius 1 is 1.16 bits per heavy atom. The van der Waals surface area contributed by atoms with E-state index in [1.165, 1.54) is 6.08 Å². The normalized spacial score (nSPS) is 10.6. The first-order valence-corrected chi connectivity index (χ1v) is 11.7. The molecule has 3 rings (SSSR count). The van der Waals surface area contributed by atoms with Crippen LogP contribution < -0.4 is 25.6 Å². The van der Waals surface area contributed by atoms with E-state index in [9.17, 15) is 4.79 Å². The Labute approximate surface area is 217 Å². The highest BCUT2D eigenvalue weighted by molar-refractivity contribution is 6.02. The smallest absolute Gasteiger partial charge is 0.247 e. The van der Waals surface area contributed by atoms with Crippen LogP contribution in [0.4, 0.5) is 34.6 Å². The minimum Gasteiger partial charge on any atom is -0.494 e. The minimum absolute atomic E-state index is 0.317. The molecule has 0 saturated heterocycles. The molecule has 0 bridgehead atoms. The van der Waals surface area contributed by atoms with E-state index in [0.717, 1.165) is 30.9 Å². The fourth-order valence-corrected chi connectivity index (χ4v) is 3.64. The largest absolute Gasteiger partial charge is 0.494 e. The standard InChI is InChI=1S/C26H35N9O2/c1-8-25(36)28-19-15-20(22(37-7)16-21(19)34(5)14-13-33(4)17-18(2)3)29-26-27-11-9-23(31-26)30-24-10-12-35(6)32-24/h8-12,15-16H,1-2,13-14,17H2,3-7H3,(H,28,36)(H2,27,29,30,31,32). The van der Waals surface area contributed by atoms with Crippen molar-refractivity contribution < 1.29 is 9.53 Å². The second kappa shape index (κ2) is 12.5. The SMILES string of the molecule is C=CC(=O)Nc1cc(Nc2nccc(Nc3ccn(C)n3)n2)c(OC)cc1N(C)CCN(C)CC(=C)C. The van der Waals surface area contributed by atoms with E-state index in [2.05, 4.69) is 54.0 Å². The van der Waals surface area contributed by atoms with Gasteiger partial charge in [0.15, 0.2) is 5.82 Å². The van der Waals surface area contributed by atoms with Gasteiger partial charge in [-0.1, -0.05) is 18.7 Å². The Morgan fingerprint density at radius 3 is 2.59 bits per heavy atom. The maximum atomic E-state index is 12.2. The summed E-state index contributed by atoms with van der Waals surface area (Å²) in [5.74, 6) is 1.84. The number of benzene rings is 1. The molecule has 0 aliphatic carbocycles. The van der Waals surface area contributed by atoms with Crippen LogP contribution in [0, 0.1) is 0 Å². The summed E-state index contributed by atoms with van der Waals surface area (Å²) in [6.07, 6.45) is 4.71. The van der Waals surface area contributed by atoms with E-state index in [1.54, 1.807) is 30.1 Å². The third-order valence-corrected chi connectivity index (χ3v) is 5.40. The molecule has 0 fully saturated rings. The Hall–Kier alpha value is -4.38. The van der Waals surface area contributed by atoms with Crippen LogP contribution >= 0.6 is 0 Å². The summed E-state index contributed by atoms with van der Waals surface area (Å²) in [6.45, 7) is 11.9. The van der Waals surface area contributed by atoms with E-state index < -0.39 is 0 Å². The highest BCUT2D eigenvalue weighted by atomic mass is 16.5. The van der Waals surface area contributed by atoms with Crippen molar-refractivity contribution >= 4 is 40.6 Å². The van der Waals surface area contributed by atoms with Gasteiger partial charge in [0, 0.05) is 58.3 Å². The summed E-state index contributed by atoms with van der Waals surface area (Å²) in [5, 5.41) is 13.5. The van der Waals surface area contributed by atoms with Crippen molar-refractivity contribution in [2.24, 2.45) is 7.05 Å². The van der Waals surface area contributed by atoms with E-state index in [4.69, 9.17) is 4.74 Å². The number of rotatable bonds is 13. The second-order valence-electron chi connectivity index (χ2n) is 8.77. The third kappa shape index (κ3) is 7.80. The highest BCUT2D eigenvalue weighted by Crippen LogP contribution is 2.38. The van der Waals surface area contributed by atoms with Gasteiger partial charge >= 0.3 is 0 Å². The first-order valence-electron chi connectivity index (χ1n) is 11.7. The van der Waals surface area contributed by atoms with Gasteiger partial charge in [-0.25, -0.2) is 4.98 Å². The Morgan fingerprint density at radius 2 is 1.95 bits per heavy atom. The van der Waals surface area contributed by atoms with Crippen molar-refractivity contribution in [2.75, 3.05) is 61.7 Å². The zero-order chi connectivity index (χ0) is 26.9. The van der Waals surface area contributed by atoms with E-state index >= 15 is 0 Å². The van der Waals surface area contributed by atoms with Crippen molar-refractivity contribution in [1.82, 2.24) is 24.6 Å². The lowest BCUT2D eigenvalue weighted by Gasteiger charge is -2.27. The van der Waals surface area contributed by atoms with Crippen molar-refractivity contribution in [3.8, 4) is 5.75 Å². The lowest BCUT2D eigenvalue weighted by atomic mass is 10.2. The van der Waals surface area contributed by atoms with Crippen LogP contribution in [0.3, 0.4) is 0 Å². The predicted octanol–water partition coefficient (Wildman–Crippen LogP) is 3.77. The molecule has 196 valence electrons. The molecule has 1 aromatic carbocycles. The number of amides is 1. The van der Waals surface area contributed by atoms with E-state index in [0.29, 0.717) is 34.7 Å². The number of methoxy groups -OCH3 is 1. The summed E-state index contributed by atoms with van der Waals surface area (Å²) in [4.78, 5) is 25.3. The van der Waals surface area contributed by atoms with Crippen LogP contribution in [0.2, 0.25) is 0 Å². The van der Waals surface area contributed by atoms with Crippen LogP contribution in [0.5, 0.6) is 5.75 Å². The zero-order valence-electron chi connectivity index (χ0n) is 22.1. The molecular formula is C26H35N9O2. The molecule has 2 heterocycles. The van der Waals surface area contributed by atoms with Crippen LogP contribution in [0.25, 0.3) is 0 Å². The van der Waals surface area contributed by atoms with E-state index in [-0.39, 0.29) is 5.91 Å². The molecule has 11 nitrogen and oxygen atoms in total. The molecule has 37 heavy (non-hydrogen) atoms. The number of hydrogen-bond donors (Lipinski definition) is 3. The predicted molar refractivity (Wildman–Crippen MR) is 149 cm³/mol. The second-order valence-corrected chi connectivity index (χ2v) is 8.77. The van der Waals surface area contributed by atoms with Crippen molar-refractivity contribution in [1.29, 1.82) is 0 Å². The number of aromatic nitrogens is 4. The lowest BCUT2D eigenvalue weighted by molar-refractivity contribution is -0.111. The average Bonchev–Trinajstić information content (AvgIpc) is 3.26. The number of nitrogens with one attached hydrogen (secondary N) is 3. The maximum Gasteiger partial charge on any atom is 0.247 e. The number of likely N-dealkylation sites (N-methyl/N-ethyl adjacent to an activating group) is 2. The number of aryl methyl sites for hydroxylation is 1. The molecular weight excluding hydrogens is 470 g/mol. The topological polar surface area (TPSA) is 112 Å². The van der Waals surface area contributed by atoms with Gasteiger partial charge in [0.05, 0.1) is 24.2 Å². The molecule has 2 aromatic heterocycles. The van der Waals surface area contributed by atoms with Crippen LogP contribution in [-0.4, -0.2) is 71.4 Å². The summed E-state index contributed by atoms with van der Waals surface area (Å²) in [6, 6.07) is 7.26. The molecule has 1 amide bonds. The Balaban J connectivity index is 1.87. The molecule has 0 saturated carbocycles.